The Morgan fingerprint density at radius 2 is 2.00 bits per heavy atom. The van der Waals surface area contributed by atoms with Gasteiger partial charge in [-0.05, 0) is 38.8 Å². The van der Waals surface area contributed by atoms with Crippen LogP contribution >= 0.6 is 0 Å². The Bertz CT molecular complexity index is 381. The fourth-order valence-electron chi connectivity index (χ4n) is 2.23. The Morgan fingerprint density at radius 1 is 1.31 bits per heavy atom. The quantitative estimate of drug-likeness (QED) is 0.580. The molecule has 2 rings (SSSR count). The van der Waals surface area contributed by atoms with E-state index in [1.807, 2.05) is 30.3 Å². The molecular formula is C13H19N3. The first kappa shape index (κ1) is 11.0. The van der Waals surface area contributed by atoms with Gasteiger partial charge in [0.1, 0.15) is 0 Å². The van der Waals surface area contributed by atoms with Crippen molar-refractivity contribution in [3.63, 3.8) is 0 Å². The minimum atomic E-state index is 0.141. The molecule has 1 aromatic rings. The van der Waals surface area contributed by atoms with Crippen LogP contribution in [0.2, 0.25) is 0 Å². The van der Waals surface area contributed by atoms with Crippen LogP contribution in [0.4, 0.5) is 5.69 Å². The number of hydrogen-bond donors (Lipinski definition) is 1. The van der Waals surface area contributed by atoms with Crippen molar-refractivity contribution >= 4 is 11.6 Å². The number of likely N-dealkylation sites (tertiary alicyclic amines) is 1. The molecule has 3 nitrogen and oxygen atoms in total. The van der Waals surface area contributed by atoms with Crippen LogP contribution in [0, 0.1) is 0 Å². The van der Waals surface area contributed by atoms with E-state index in [9.17, 15) is 0 Å². The summed E-state index contributed by atoms with van der Waals surface area (Å²) in [6, 6.07) is 9.86. The van der Waals surface area contributed by atoms with Gasteiger partial charge in [-0.15, -0.1) is 0 Å². The Kier molecular flexibility index (Phi) is 2.86. The van der Waals surface area contributed by atoms with Crippen LogP contribution < -0.4 is 5.73 Å². The molecule has 0 radical (unpaired) electrons. The highest BCUT2D eigenvalue weighted by Crippen LogP contribution is 2.28. The summed E-state index contributed by atoms with van der Waals surface area (Å²) < 4.78 is 0. The second-order valence-electron chi connectivity index (χ2n) is 4.87. The minimum Gasteiger partial charge on any atom is -0.369 e. The summed E-state index contributed by atoms with van der Waals surface area (Å²) >= 11 is 0. The molecule has 0 amide bonds. The van der Waals surface area contributed by atoms with Gasteiger partial charge in [0.25, 0.3) is 0 Å². The fraction of sp³-hybridized carbons (Fsp3) is 0.462. The maximum absolute atomic E-state index is 6.06. The summed E-state index contributed by atoms with van der Waals surface area (Å²) in [5.74, 6) is 0.633. The van der Waals surface area contributed by atoms with Gasteiger partial charge in [0, 0.05) is 12.1 Å². The molecule has 1 aromatic carbocycles. The lowest BCUT2D eigenvalue weighted by molar-refractivity contribution is 0.279. The molecule has 0 spiro atoms. The van der Waals surface area contributed by atoms with Gasteiger partial charge in [-0.2, -0.15) is 0 Å². The highest BCUT2D eigenvalue weighted by molar-refractivity contribution is 5.82. The average molecular weight is 217 g/mol. The van der Waals surface area contributed by atoms with E-state index < -0.39 is 0 Å². The molecule has 86 valence electrons. The lowest BCUT2D eigenvalue weighted by Gasteiger charge is -2.32. The molecule has 1 saturated heterocycles. The molecule has 3 heteroatoms. The highest BCUT2D eigenvalue weighted by Gasteiger charge is 2.33. The maximum Gasteiger partial charge on any atom is 0.196 e. The van der Waals surface area contributed by atoms with E-state index in [-0.39, 0.29) is 5.54 Å². The van der Waals surface area contributed by atoms with Crippen molar-refractivity contribution in [2.45, 2.75) is 32.2 Å². The van der Waals surface area contributed by atoms with E-state index >= 15 is 0 Å². The number of hydrogen-bond acceptors (Lipinski definition) is 1. The molecule has 16 heavy (non-hydrogen) atoms. The first-order valence-electron chi connectivity index (χ1n) is 5.76. The van der Waals surface area contributed by atoms with Gasteiger partial charge in [0.05, 0.1) is 5.69 Å². The molecule has 0 unspecified atom stereocenters. The Morgan fingerprint density at radius 3 is 2.56 bits per heavy atom. The first-order valence-corrected chi connectivity index (χ1v) is 5.76. The summed E-state index contributed by atoms with van der Waals surface area (Å²) in [6.07, 6.45) is 2.37. The van der Waals surface area contributed by atoms with Crippen LogP contribution in [-0.4, -0.2) is 22.9 Å². The van der Waals surface area contributed by atoms with E-state index in [1.54, 1.807) is 0 Å². The van der Waals surface area contributed by atoms with Crippen molar-refractivity contribution in [3.8, 4) is 0 Å². The molecule has 1 fully saturated rings. The van der Waals surface area contributed by atoms with Crippen molar-refractivity contribution in [2.24, 2.45) is 10.7 Å². The van der Waals surface area contributed by atoms with E-state index in [0.717, 1.165) is 12.2 Å². The molecule has 0 aromatic heterocycles. The van der Waals surface area contributed by atoms with E-state index in [0.29, 0.717) is 5.96 Å². The number of nitrogens with zero attached hydrogens (tertiary/aromatic N) is 2. The molecule has 0 atom stereocenters. The monoisotopic (exact) mass is 217 g/mol. The number of para-hydroxylation sites is 1. The maximum atomic E-state index is 6.06. The number of rotatable bonds is 1. The summed E-state index contributed by atoms with van der Waals surface area (Å²) in [5, 5.41) is 0. The number of aliphatic imine (C=N–C) groups is 1. The highest BCUT2D eigenvalue weighted by atomic mass is 15.3. The zero-order valence-corrected chi connectivity index (χ0v) is 9.98. The predicted octanol–water partition coefficient (Wildman–Crippen LogP) is 2.51. The molecular weight excluding hydrogens is 198 g/mol. The van der Waals surface area contributed by atoms with E-state index in [1.165, 1.54) is 12.8 Å². The van der Waals surface area contributed by atoms with Crippen LogP contribution in [0.5, 0.6) is 0 Å². The van der Waals surface area contributed by atoms with Crippen LogP contribution in [0.1, 0.15) is 26.7 Å². The zero-order valence-electron chi connectivity index (χ0n) is 9.98. The molecule has 1 heterocycles. The molecule has 0 aliphatic carbocycles. The zero-order chi connectivity index (χ0) is 11.6. The topological polar surface area (TPSA) is 41.6 Å². The van der Waals surface area contributed by atoms with Crippen LogP contribution in [0.3, 0.4) is 0 Å². The lowest BCUT2D eigenvalue weighted by atomic mass is 10.0. The van der Waals surface area contributed by atoms with Gasteiger partial charge >= 0.3 is 0 Å². The average Bonchev–Trinajstić information content (AvgIpc) is 2.59. The predicted molar refractivity (Wildman–Crippen MR) is 67.7 cm³/mol. The normalized spacial score (nSPS) is 20.1. The third-order valence-corrected chi connectivity index (χ3v) is 3.18. The van der Waals surface area contributed by atoms with Gasteiger partial charge in [0.2, 0.25) is 0 Å². The number of nitrogens with two attached hydrogens (primary N) is 1. The SMILES string of the molecule is CC1(C)CCCN1C(N)=Nc1ccccc1. The second-order valence-corrected chi connectivity index (χ2v) is 4.87. The van der Waals surface area contributed by atoms with Crippen LogP contribution in [0.25, 0.3) is 0 Å². The van der Waals surface area contributed by atoms with Gasteiger partial charge in [-0.25, -0.2) is 4.99 Å². The van der Waals surface area contributed by atoms with Gasteiger partial charge < -0.3 is 10.6 Å². The van der Waals surface area contributed by atoms with Crippen molar-refractivity contribution in [2.75, 3.05) is 6.54 Å². The third-order valence-electron chi connectivity index (χ3n) is 3.18. The summed E-state index contributed by atoms with van der Waals surface area (Å²) in [5.41, 5.74) is 7.12. The van der Waals surface area contributed by atoms with Gasteiger partial charge in [0.15, 0.2) is 5.96 Å². The molecule has 0 bridgehead atoms. The van der Waals surface area contributed by atoms with Crippen molar-refractivity contribution < 1.29 is 0 Å². The second kappa shape index (κ2) is 4.16. The van der Waals surface area contributed by atoms with Crippen molar-refractivity contribution in [1.29, 1.82) is 0 Å². The summed E-state index contributed by atoms with van der Waals surface area (Å²) in [6.45, 7) is 5.44. The third kappa shape index (κ3) is 2.18. The summed E-state index contributed by atoms with van der Waals surface area (Å²) in [7, 11) is 0. The fourth-order valence-corrected chi connectivity index (χ4v) is 2.23. The smallest absolute Gasteiger partial charge is 0.196 e. The Balaban J connectivity index is 2.19. The summed E-state index contributed by atoms with van der Waals surface area (Å²) in [4.78, 5) is 6.65. The Hall–Kier alpha value is -1.51. The minimum absolute atomic E-state index is 0.141. The van der Waals surface area contributed by atoms with Crippen LogP contribution in [-0.2, 0) is 0 Å². The van der Waals surface area contributed by atoms with Crippen LogP contribution in [0.15, 0.2) is 35.3 Å². The van der Waals surface area contributed by atoms with Crippen molar-refractivity contribution in [3.05, 3.63) is 30.3 Å². The van der Waals surface area contributed by atoms with Crippen molar-refractivity contribution in [1.82, 2.24) is 4.90 Å². The molecule has 1 aliphatic heterocycles. The molecule has 0 saturated carbocycles. The molecule has 2 N–H and O–H groups in total. The largest absolute Gasteiger partial charge is 0.369 e. The standard InChI is InChI=1S/C13H19N3/c1-13(2)9-6-10-16(13)12(14)15-11-7-4-3-5-8-11/h3-5,7-8H,6,9-10H2,1-2H3,(H2,14,15). The first-order chi connectivity index (χ1) is 7.59. The van der Waals surface area contributed by atoms with E-state index in [4.69, 9.17) is 5.73 Å². The Labute approximate surface area is 97.0 Å². The lowest BCUT2D eigenvalue weighted by Crippen LogP contribution is -2.46. The van der Waals surface area contributed by atoms with Gasteiger partial charge in [-0.1, -0.05) is 18.2 Å². The number of benzene rings is 1. The molecule has 1 aliphatic rings. The number of guanidine groups is 1. The van der Waals surface area contributed by atoms with Gasteiger partial charge in [-0.3, -0.25) is 0 Å². The van der Waals surface area contributed by atoms with E-state index in [2.05, 4.69) is 23.7 Å².